The number of carbonyl (C=O) groups is 2. The first-order valence-corrected chi connectivity index (χ1v) is 13.4. The third-order valence-corrected chi connectivity index (χ3v) is 7.27. The molecule has 194 valence electrons. The van der Waals surface area contributed by atoms with Gasteiger partial charge in [0, 0.05) is 23.4 Å². The standard InChI is InChI=1S/C29H33N3O4S/c1-5-35-26(33)23-19(3)31-29(4,25(27(34)36-6-2)24(23)21-15-11-8-12-16-21)32-28-30-22(18-37-28)17-20-13-9-7-10-14-20/h7-16,18,24-25,31H,5-6,17H2,1-4H3,(H,30,32). The Hall–Kier alpha value is -3.65. The molecule has 3 unspecified atom stereocenters. The molecule has 2 aromatic carbocycles. The lowest BCUT2D eigenvalue weighted by Gasteiger charge is -2.46. The Kier molecular flexibility index (Phi) is 8.28. The number of ether oxygens (including phenoxy) is 2. The van der Waals surface area contributed by atoms with Crippen LogP contribution in [0.2, 0.25) is 0 Å². The Morgan fingerprint density at radius 1 is 1.03 bits per heavy atom. The fourth-order valence-corrected chi connectivity index (χ4v) is 5.79. The summed E-state index contributed by atoms with van der Waals surface area (Å²) in [5, 5.41) is 9.59. The number of hydrogen-bond donors (Lipinski definition) is 2. The first-order valence-electron chi connectivity index (χ1n) is 12.5. The summed E-state index contributed by atoms with van der Waals surface area (Å²) in [5.74, 6) is -2.22. The van der Waals surface area contributed by atoms with Crippen LogP contribution in [0.4, 0.5) is 5.13 Å². The van der Waals surface area contributed by atoms with Crippen LogP contribution in [0.25, 0.3) is 0 Å². The number of carbonyl (C=O) groups excluding carboxylic acids is 2. The van der Waals surface area contributed by atoms with Crippen LogP contribution in [0.15, 0.2) is 77.3 Å². The minimum Gasteiger partial charge on any atom is -0.466 e. The van der Waals surface area contributed by atoms with Gasteiger partial charge in [-0.25, -0.2) is 9.78 Å². The predicted molar refractivity (Wildman–Crippen MR) is 145 cm³/mol. The van der Waals surface area contributed by atoms with Gasteiger partial charge in [-0.05, 0) is 38.8 Å². The van der Waals surface area contributed by atoms with Gasteiger partial charge >= 0.3 is 11.9 Å². The van der Waals surface area contributed by atoms with Gasteiger partial charge in [-0.15, -0.1) is 11.3 Å². The van der Waals surface area contributed by atoms with Crippen molar-refractivity contribution in [2.24, 2.45) is 5.92 Å². The first kappa shape index (κ1) is 26.4. The fraction of sp³-hybridized carbons (Fsp3) is 0.345. The van der Waals surface area contributed by atoms with Gasteiger partial charge in [0.15, 0.2) is 5.13 Å². The fourth-order valence-electron chi connectivity index (χ4n) is 4.96. The quantitative estimate of drug-likeness (QED) is 0.373. The van der Waals surface area contributed by atoms with Crippen molar-refractivity contribution in [3.8, 4) is 0 Å². The van der Waals surface area contributed by atoms with Crippen LogP contribution < -0.4 is 10.6 Å². The van der Waals surface area contributed by atoms with Crippen LogP contribution in [-0.4, -0.2) is 35.8 Å². The van der Waals surface area contributed by atoms with E-state index >= 15 is 0 Å². The SMILES string of the molecule is CCOC(=O)C1=C(C)NC(C)(Nc2nc(Cc3ccccc3)cs2)C(C(=O)OCC)C1c1ccccc1. The van der Waals surface area contributed by atoms with E-state index in [9.17, 15) is 9.59 Å². The second kappa shape index (κ2) is 11.6. The van der Waals surface area contributed by atoms with Crippen LogP contribution >= 0.6 is 11.3 Å². The summed E-state index contributed by atoms with van der Waals surface area (Å²) < 4.78 is 11.0. The molecule has 1 aliphatic heterocycles. The lowest BCUT2D eigenvalue weighted by atomic mass is 9.71. The molecular formula is C29H33N3O4S. The number of rotatable bonds is 9. The Morgan fingerprint density at radius 2 is 1.68 bits per heavy atom. The highest BCUT2D eigenvalue weighted by Crippen LogP contribution is 2.45. The summed E-state index contributed by atoms with van der Waals surface area (Å²) in [5.41, 5.74) is 3.02. The molecule has 0 aliphatic carbocycles. The Bertz CT molecular complexity index is 1260. The zero-order valence-corrected chi connectivity index (χ0v) is 22.4. The number of esters is 2. The topological polar surface area (TPSA) is 89.5 Å². The van der Waals surface area contributed by atoms with Crippen molar-refractivity contribution in [2.75, 3.05) is 18.5 Å². The van der Waals surface area contributed by atoms with Gasteiger partial charge in [-0.1, -0.05) is 60.7 Å². The van der Waals surface area contributed by atoms with Gasteiger partial charge in [0.1, 0.15) is 11.6 Å². The summed E-state index contributed by atoms with van der Waals surface area (Å²) in [6, 6.07) is 19.7. The van der Waals surface area contributed by atoms with E-state index in [2.05, 4.69) is 22.8 Å². The van der Waals surface area contributed by atoms with Crippen molar-refractivity contribution in [3.63, 3.8) is 0 Å². The van der Waals surface area contributed by atoms with Crippen LogP contribution in [-0.2, 0) is 25.5 Å². The Balaban J connectivity index is 1.75. The summed E-state index contributed by atoms with van der Waals surface area (Å²) in [4.78, 5) is 31.5. The van der Waals surface area contributed by atoms with E-state index in [1.165, 1.54) is 16.9 Å². The number of hydrogen-bond acceptors (Lipinski definition) is 8. The van der Waals surface area contributed by atoms with Gasteiger partial charge in [-0.3, -0.25) is 4.79 Å². The molecule has 0 radical (unpaired) electrons. The zero-order chi connectivity index (χ0) is 26.4. The van der Waals surface area contributed by atoms with Gasteiger partial charge in [0.2, 0.25) is 0 Å². The number of benzene rings is 2. The number of anilines is 1. The third kappa shape index (κ3) is 5.85. The van der Waals surface area contributed by atoms with Crippen LogP contribution in [0.1, 0.15) is 50.4 Å². The van der Waals surface area contributed by atoms with E-state index in [0.29, 0.717) is 22.8 Å². The molecule has 0 amide bonds. The lowest BCUT2D eigenvalue weighted by Crippen LogP contribution is -2.62. The molecule has 0 fully saturated rings. The molecule has 37 heavy (non-hydrogen) atoms. The second-order valence-corrected chi connectivity index (χ2v) is 9.99. The molecule has 1 aliphatic rings. The largest absolute Gasteiger partial charge is 0.466 e. The molecular weight excluding hydrogens is 486 g/mol. The molecule has 2 N–H and O–H groups in total. The highest BCUT2D eigenvalue weighted by atomic mass is 32.1. The smallest absolute Gasteiger partial charge is 0.336 e. The first-order chi connectivity index (χ1) is 17.9. The molecule has 2 heterocycles. The van der Waals surface area contributed by atoms with Crippen molar-refractivity contribution >= 4 is 28.4 Å². The van der Waals surface area contributed by atoms with Gasteiger partial charge in [0.05, 0.1) is 24.5 Å². The summed E-state index contributed by atoms with van der Waals surface area (Å²) in [7, 11) is 0. The molecule has 7 nitrogen and oxygen atoms in total. The molecule has 0 saturated carbocycles. The highest BCUT2D eigenvalue weighted by molar-refractivity contribution is 7.13. The van der Waals surface area contributed by atoms with Crippen LogP contribution in [0, 0.1) is 5.92 Å². The summed E-state index contributed by atoms with van der Waals surface area (Å²) in [6.45, 7) is 7.76. The van der Waals surface area contributed by atoms with E-state index in [1.807, 2.05) is 67.8 Å². The van der Waals surface area contributed by atoms with Crippen molar-refractivity contribution in [1.82, 2.24) is 10.3 Å². The van der Waals surface area contributed by atoms with Crippen molar-refractivity contribution < 1.29 is 19.1 Å². The van der Waals surface area contributed by atoms with E-state index in [0.717, 1.165) is 11.3 Å². The second-order valence-electron chi connectivity index (χ2n) is 9.14. The molecule has 0 spiro atoms. The molecule has 0 bridgehead atoms. The van der Waals surface area contributed by atoms with Crippen molar-refractivity contribution in [2.45, 2.75) is 45.7 Å². The molecule has 8 heteroatoms. The maximum absolute atomic E-state index is 13.6. The van der Waals surface area contributed by atoms with Gasteiger partial charge in [0.25, 0.3) is 0 Å². The number of thiazole rings is 1. The normalized spacial score (nSPS) is 21.2. The summed E-state index contributed by atoms with van der Waals surface area (Å²) >= 11 is 1.48. The predicted octanol–water partition coefficient (Wildman–Crippen LogP) is 5.27. The maximum Gasteiger partial charge on any atom is 0.336 e. The van der Waals surface area contributed by atoms with Crippen molar-refractivity contribution in [3.05, 3.63) is 94.1 Å². The minimum atomic E-state index is -0.991. The average Bonchev–Trinajstić information content (AvgIpc) is 3.30. The molecule has 4 rings (SSSR count). The Morgan fingerprint density at radius 3 is 2.32 bits per heavy atom. The third-order valence-electron chi connectivity index (χ3n) is 6.46. The Labute approximate surface area is 221 Å². The highest BCUT2D eigenvalue weighted by Gasteiger charge is 2.52. The average molecular weight is 520 g/mol. The minimum absolute atomic E-state index is 0.225. The van der Waals surface area contributed by atoms with Gasteiger partial charge in [-0.2, -0.15) is 0 Å². The molecule has 0 saturated heterocycles. The molecule has 3 atom stereocenters. The number of allylic oxidation sites excluding steroid dienone is 1. The number of nitrogens with one attached hydrogen (secondary N) is 2. The number of nitrogens with zero attached hydrogens (tertiary/aromatic N) is 1. The van der Waals surface area contributed by atoms with E-state index in [-0.39, 0.29) is 13.2 Å². The number of aromatic nitrogens is 1. The van der Waals surface area contributed by atoms with Crippen molar-refractivity contribution in [1.29, 1.82) is 0 Å². The zero-order valence-electron chi connectivity index (χ0n) is 21.6. The monoisotopic (exact) mass is 519 g/mol. The van der Waals surface area contributed by atoms with Gasteiger partial charge < -0.3 is 20.1 Å². The van der Waals surface area contributed by atoms with E-state index in [1.54, 1.807) is 13.8 Å². The molecule has 1 aromatic heterocycles. The van der Waals surface area contributed by atoms with Crippen LogP contribution in [0.5, 0.6) is 0 Å². The summed E-state index contributed by atoms with van der Waals surface area (Å²) in [6.07, 6.45) is 0.711. The maximum atomic E-state index is 13.6. The molecule has 3 aromatic rings. The van der Waals surface area contributed by atoms with Crippen LogP contribution in [0.3, 0.4) is 0 Å². The van der Waals surface area contributed by atoms with E-state index in [4.69, 9.17) is 14.5 Å². The lowest BCUT2D eigenvalue weighted by molar-refractivity contribution is -0.152. The van der Waals surface area contributed by atoms with E-state index < -0.39 is 29.4 Å².